The maximum atomic E-state index is 12.4. The summed E-state index contributed by atoms with van der Waals surface area (Å²) in [6.07, 6.45) is 0. The van der Waals surface area contributed by atoms with E-state index in [2.05, 4.69) is 0 Å². The van der Waals surface area contributed by atoms with Gasteiger partial charge in [0.1, 0.15) is 0 Å². The summed E-state index contributed by atoms with van der Waals surface area (Å²) in [6.45, 7) is 3.86. The van der Waals surface area contributed by atoms with E-state index in [4.69, 9.17) is 5.73 Å². The second kappa shape index (κ2) is 5.15. The number of nitrogens with two attached hydrogens (primary N) is 1. The molecule has 0 spiro atoms. The van der Waals surface area contributed by atoms with Crippen LogP contribution in [-0.2, 0) is 0 Å². The van der Waals surface area contributed by atoms with E-state index >= 15 is 0 Å². The van der Waals surface area contributed by atoms with Crippen molar-refractivity contribution in [1.82, 2.24) is 0 Å². The van der Waals surface area contributed by atoms with Crippen LogP contribution in [0.5, 0.6) is 0 Å². The summed E-state index contributed by atoms with van der Waals surface area (Å²) in [6, 6.07) is 15.1. The number of benzene rings is 2. The van der Waals surface area contributed by atoms with E-state index in [0.717, 1.165) is 16.7 Å². The molecule has 0 fully saturated rings. The van der Waals surface area contributed by atoms with Gasteiger partial charge in [0, 0.05) is 17.2 Å². The molecule has 0 aromatic heterocycles. The first-order valence-electron chi connectivity index (χ1n) is 6.05. The van der Waals surface area contributed by atoms with Gasteiger partial charge < -0.3 is 5.73 Å². The minimum atomic E-state index is -0.0605. The Morgan fingerprint density at radius 1 is 1.11 bits per heavy atom. The zero-order valence-corrected chi connectivity index (χ0v) is 10.7. The fourth-order valence-corrected chi connectivity index (χ4v) is 1.95. The number of aryl methyl sites for hydroxylation is 1. The summed E-state index contributed by atoms with van der Waals surface area (Å²) in [7, 11) is 0. The van der Waals surface area contributed by atoms with Crippen LogP contribution in [0.25, 0.3) is 0 Å². The number of hydrogen-bond acceptors (Lipinski definition) is 2. The molecule has 0 bridgehead atoms. The highest BCUT2D eigenvalue weighted by Crippen LogP contribution is 2.17. The summed E-state index contributed by atoms with van der Waals surface area (Å²) in [5.41, 5.74) is 9.26. The zero-order chi connectivity index (χ0) is 13.1. The maximum Gasteiger partial charge on any atom is 0.193 e. The van der Waals surface area contributed by atoms with E-state index in [1.807, 2.05) is 62.4 Å². The van der Waals surface area contributed by atoms with Crippen molar-refractivity contribution in [3.05, 3.63) is 70.8 Å². The van der Waals surface area contributed by atoms with Crippen molar-refractivity contribution < 1.29 is 4.79 Å². The highest BCUT2D eigenvalue weighted by atomic mass is 16.1. The number of rotatable bonds is 3. The SMILES string of the molecule is Cc1ccccc1C(=O)c1cccc([C@H](C)N)c1. The largest absolute Gasteiger partial charge is 0.324 e. The average molecular weight is 239 g/mol. The minimum absolute atomic E-state index is 0.0515. The number of hydrogen-bond donors (Lipinski definition) is 1. The number of carbonyl (C=O) groups excluding carboxylic acids is 1. The third kappa shape index (κ3) is 2.49. The molecule has 0 aliphatic rings. The molecule has 0 unspecified atom stereocenters. The Morgan fingerprint density at radius 3 is 2.50 bits per heavy atom. The van der Waals surface area contributed by atoms with Crippen LogP contribution in [-0.4, -0.2) is 5.78 Å². The number of ketones is 1. The van der Waals surface area contributed by atoms with Crippen LogP contribution < -0.4 is 5.73 Å². The molecule has 92 valence electrons. The Morgan fingerprint density at radius 2 is 1.83 bits per heavy atom. The molecule has 2 nitrogen and oxygen atoms in total. The lowest BCUT2D eigenvalue weighted by atomic mass is 9.97. The zero-order valence-electron chi connectivity index (χ0n) is 10.7. The van der Waals surface area contributed by atoms with Crippen molar-refractivity contribution in [3.63, 3.8) is 0 Å². The third-order valence-electron chi connectivity index (χ3n) is 3.06. The molecule has 2 aromatic rings. The Labute approximate surface area is 107 Å². The summed E-state index contributed by atoms with van der Waals surface area (Å²) in [5.74, 6) is 0.0515. The van der Waals surface area contributed by atoms with Gasteiger partial charge in [0.05, 0.1) is 0 Å². The average Bonchev–Trinajstić information content (AvgIpc) is 2.38. The van der Waals surface area contributed by atoms with Crippen molar-refractivity contribution in [2.24, 2.45) is 5.73 Å². The Kier molecular flexibility index (Phi) is 3.58. The lowest BCUT2D eigenvalue weighted by Gasteiger charge is -2.09. The van der Waals surface area contributed by atoms with Gasteiger partial charge in [-0.1, -0.05) is 42.5 Å². The fraction of sp³-hybridized carbons (Fsp3) is 0.188. The van der Waals surface area contributed by atoms with Gasteiger partial charge in [0.15, 0.2) is 5.78 Å². The summed E-state index contributed by atoms with van der Waals surface area (Å²) in [5, 5.41) is 0. The second-order valence-electron chi connectivity index (χ2n) is 4.56. The van der Waals surface area contributed by atoms with E-state index in [1.54, 1.807) is 0 Å². The van der Waals surface area contributed by atoms with E-state index in [0.29, 0.717) is 5.56 Å². The highest BCUT2D eigenvalue weighted by Gasteiger charge is 2.12. The van der Waals surface area contributed by atoms with Crippen LogP contribution in [0.4, 0.5) is 0 Å². The lowest BCUT2D eigenvalue weighted by Crippen LogP contribution is -2.08. The van der Waals surface area contributed by atoms with Crippen molar-refractivity contribution in [2.75, 3.05) is 0 Å². The van der Waals surface area contributed by atoms with Crippen molar-refractivity contribution in [3.8, 4) is 0 Å². The molecule has 1 atom stereocenters. The predicted octanol–water partition coefficient (Wildman–Crippen LogP) is 3.25. The van der Waals surface area contributed by atoms with Gasteiger partial charge in [-0.05, 0) is 31.0 Å². The molecule has 2 rings (SSSR count). The van der Waals surface area contributed by atoms with Crippen molar-refractivity contribution in [1.29, 1.82) is 0 Å². The van der Waals surface area contributed by atoms with Gasteiger partial charge in [-0.15, -0.1) is 0 Å². The van der Waals surface area contributed by atoms with Gasteiger partial charge in [-0.2, -0.15) is 0 Å². The van der Waals surface area contributed by atoms with E-state index in [-0.39, 0.29) is 11.8 Å². The van der Waals surface area contributed by atoms with Gasteiger partial charge in [0.25, 0.3) is 0 Å². The van der Waals surface area contributed by atoms with Crippen LogP contribution in [0.3, 0.4) is 0 Å². The Balaban J connectivity index is 2.41. The lowest BCUT2D eigenvalue weighted by molar-refractivity contribution is 0.103. The molecule has 0 radical (unpaired) electrons. The van der Waals surface area contributed by atoms with Crippen molar-refractivity contribution in [2.45, 2.75) is 19.9 Å². The molecular weight excluding hydrogens is 222 g/mol. The molecule has 2 aromatic carbocycles. The molecule has 2 heteroatoms. The van der Waals surface area contributed by atoms with Gasteiger partial charge >= 0.3 is 0 Å². The van der Waals surface area contributed by atoms with Crippen LogP contribution in [0.2, 0.25) is 0 Å². The molecule has 0 heterocycles. The fourth-order valence-electron chi connectivity index (χ4n) is 1.95. The first-order chi connectivity index (χ1) is 8.59. The highest BCUT2D eigenvalue weighted by molar-refractivity contribution is 6.09. The van der Waals surface area contributed by atoms with Crippen LogP contribution >= 0.6 is 0 Å². The van der Waals surface area contributed by atoms with Crippen molar-refractivity contribution >= 4 is 5.78 Å². The topological polar surface area (TPSA) is 43.1 Å². The molecule has 0 saturated carbocycles. The first-order valence-corrected chi connectivity index (χ1v) is 6.05. The van der Waals surface area contributed by atoms with Gasteiger partial charge in [-0.25, -0.2) is 0 Å². The van der Waals surface area contributed by atoms with Gasteiger partial charge in [-0.3, -0.25) is 4.79 Å². The molecule has 0 amide bonds. The molecule has 0 saturated heterocycles. The summed E-state index contributed by atoms with van der Waals surface area (Å²) >= 11 is 0. The molecule has 0 aliphatic carbocycles. The van der Waals surface area contributed by atoms with E-state index < -0.39 is 0 Å². The second-order valence-corrected chi connectivity index (χ2v) is 4.56. The summed E-state index contributed by atoms with van der Waals surface area (Å²) in [4.78, 5) is 12.4. The van der Waals surface area contributed by atoms with Crippen LogP contribution in [0.1, 0.15) is 40.0 Å². The minimum Gasteiger partial charge on any atom is -0.324 e. The van der Waals surface area contributed by atoms with E-state index in [9.17, 15) is 4.79 Å². The maximum absolute atomic E-state index is 12.4. The van der Waals surface area contributed by atoms with Crippen LogP contribution in [0.15, 0.2) is 48.5 Å². The normalized spacial score (nSPS) is 12.2. The molecule has 18 heavy (non-hydrogen) atoms. The number of carbonyl (C=O) groups is 1. The molecular formula is C16H17NO. The Hall–Kier alpha value is -1.93. The first kappa shape index (κ1) is 12.5. The quantitative estimate of drug-likeness (QED) is 0.835. The van der Waals surface area contributed by atoms with Crippen LogP contribution in [0, 0.1) is 6.92 Å². The van der Waals surface area contributed by atoms with Gasteiger partial charge in [0.2, 0.25) is 0 Å². The summed E-state index contributed by atoms with van der Waals surface area (Å²) < 4.78 is 0. The monoisotopic (exact) mass is 239 g/mol. The Bertz CT molecular complexity index is 573. The molecule has 2 N–H and O–H groups in total. The standard InChI is InChI=1S/C16H17NO/c1-11-6-3-4-9-15(11)16(18)14-8-5-7-13(10-14)12(2)17/h3-10,12H,17H2,1-2H3/t12-/m0/s1. The smallest absolute Gasteiger partial charge is 0.193 e. The third-order valence-corrected chi connectivity index (χ3v) is 3.06. The van der Waals surface area contributed by atoms with E-state index in [1.165, 1.54) is 0 Å². The molecule has 0 aliphatic heterocycles. The predicted molar refractivity (Wildman–Crippen MR) is 73.7 cm³/mol.